The van der Waals surface area contributed by atoms with Crippen molar-refractivity contribution in [2.24, 2.45) is 5.73 Å². The third kappa shape index (κ3) is 3.08. The number of hydrogen-bond donors (Lipinski definition) is 1. The van der Waals surface area contributed by atoms with Crippen molar-refractivity contribution in [3.05, 3.63) is 22.6 Å². The van der Waals surface area contributed by atoms with Crippen LogP contribution in [-0.4, -0.2) is 6.04 Å². The molecule has 0 saturated carbocycles. The number of aryl methyl sites for hydroxylation is 1. The van der Waals surface area contributed by atoms with Gasteiger partial charge in [0.25, 0.3) is 0 Å². The van der Waals surface area contributed by atoms with E-state index in [1.165, 1.54) is 0 Å². The Balaban J connectivity index is 2.39. The number of nitrogens with two attached hydrogens (primary N) is 1. The summed E-state index contributed by atoms with van der Waals surface area (Å²) in [6, 6.07) is 2.22. The maximum Gasteiger partial charge on any atom is 0.105 e. The first-order valence-corrected chi connectivity index (χ1v) is 4.46. The third-order valence-electron chi connectivity index (χ3n) is 1.47. The molecule has 1 unspecified atom stereocenters. The fourth-order valence-electron chi connectivity index (χ4n) is 0.855. The van der Waals surface area contributed by atoms with Gasteiger partial charge < -0.3 is 10.2 Å². The lowest BCUT2D eigenvalue weighted by atomic mass is 10.2. The zero-order valence-corrected chi connectivity index (χ0v) is 8.10. The van der Waals surface area contributed by atoms with Gasteiger partial charge in [0.15, 0.2) is 0 Å². The monoisotopic (exact) mass is 217 g/mol. The molecule has 2 nitrogen and oxygen atoms in total. The van der Waals surface area contributed by atoms with Crippen LogP contribution in [0.3, 0.4) is 0 Å². The molecule has 1 aromatic heterocycles. The highest BCUT2D eigenvalue weighted by atomic mass is 79.9. The average Bonchev–Trinajstić information content (AvgIpc) is 2.31. The van der Waals surface area contributed by atoms with Gasteiger partial charge in [0.1, 0.15) is 12.0 Å². The Kier molecular flexibility index (Phi) is 3.15. The van der Waals surface area contributed by atoms with Crippen molar-refractivity contribution in [2.75, 3.05) is 0 Å². The molecule has 0 aliphatic rings. The third-order valence-corrected chi connectivity index (χ3v) is 1.88. The Morgan fingerprint density at radius 1 is 1.73 bits per heavy atom. The van der Waals surface area contributed by atoms with Crippen molar-refractivity contribution in [3.63, 3.8) is 0 Å². The van der Waals surface area contributed by atoms with Crippen molar-refractivity contribution in [2.45, 2.75) is 25.8 Å². The molecule has 11 heavy (non-hydrogen) atoms. The van der Waals surface area contributed by atoms with Crippen LogP contribution in [0, 0.1) is 0 Å². The minimum absolute atomic E-state index is 0.249. The lowest BCUT2D eigenvalue weighted by Crippen LogP contribution is -2.15. The fraction of sp³-hybridized carbons (Fsp3) is 0.500. The van der Waals surface area contributed by atoms with E-state index in [2.05, 4.69) is 15.9 Å². The maximum atomic E-state index is 5.59. The molecule has 0 fully saturated rings. The van der Waals surface area contributed by atoms with Gasteiger partial charge in [-0.15, -0.1) is 0 Å². The van der Waals surface area contributed by atoms with Crippen LogP contribution >= 0.6 is 15.9 Å². The first-order chi connectivity index (χ1) is 5.18. The van der Waals surface area contributed by atoms with E-state index in [4.69, 9.17) is 10.2 Å². The van der Waals surface area contributed by atoms with Crippen molar-refractivity contribution in [1.29, 1.82) is 0 Å². The molecule has 0 aromatic carbocycles. The summed E-state index contributed by atoms with van der Waals surface area (Å²) in [6.07, 6.45) is 3.58. The molecule has 1 heterocycles. The van der Waals surface area contributed by atoms with Gasteiger partial charge in [-0.1, -0.05) is 0 Å². The standard InChI is InChI=1S/C8H12BrNO/c1-6(10)2-3-8-4-7(9)5-11-8/h4-6H,2-3,10H2,1H3. The second-order valence-electron chi connectivity index (χ2n) is 2.75. The zero-order chi connectivity index (χ0) is 8.27. The summed E-state index contributed by atoms with van der Waals surface area (Å²) in [7, 11) is 0. The molecule has 3 heteroatoms. The molecule has 0 saturated heterocycles. The highest BCUT2D eigenvalue weighted by molar-refractivity contribution is 9.10. The quantitative estimate of drug-likeness (QED) is 0.845. The van der Waals surface area contributed by atoms with E-state index >= 15 is 0 Å². The van der Waals surface area contributed by atoms with Crippen LogP contribution in [0.4, 0.5) is 0 Å². The van der Waals surface area contributed by atoms with Crippen molar-refractivity contribution < 1.29 is 4.42 Å². The molecule has 1 atom stereocenters. The van der Waals surface area contributed by atoms with Gasteiger partial charge >= 0.3 is 0 Å². The molecule has 0 spiro atoms. The van der Waals surface area contributed by atoms with Crippen LogP contribution in [-0.2, 0) is 6.42 Å². The number of hydrogen-bond acceptors (Lipinski definition) is 2. The SMILES string of the molecule is CC(N)CCc1cc(Br)co1. The Morgan fingerprint density at radius 2 is 2.45 bits per heavy atom. The van der Waals surface area contributed by atoms with Crippen molar-refractivity contribution in [3.8, 4) is 0 Å². The van der Waals surface area contributed by atoms with Gasteiger partial charge in [0, 0.05) is 12.5 Å². The van der Waals surface area contributed by atoms with Gasteiger partial charge in [0.2, 0.25) is 0 Å². The average molecular weight is 218 g/mol. The van der Waals surface area contributed by atoms with Crippen LogP contribution in [0.25, 0.3) is 0 Å². The highest BCUT2D eigenvalue weighted by Gasteiger charge is 2.00. The number of furan rings is 1. The summed E-state index contributed by atoms with van der Waals surface area (Å²) in [6.45, 7) is 2.00. The van der Waals surface area contributed by atoms with Crippen LogP contribution in [0.1, 0.15) is 19.1 Å². The molecular formula is C8H12BrNO. The topological polar surface area (TPSA) is 39.2 Å². The first-order valence-electron chi connectivity index (χ1n) is 3.67. The van der Waals surface area contributed by atoms with E-state index in [1.807, 2.05) is 13.0 Å². The summed E-state index contributed by atoms with van der Waals surface area (Å²) >= 11 is 3.31. The molecule has 0 bridgehead atoms. The summed E-state index contributed by atoms with van der Waals surface area (Å²) in [5.74, 6) is 0.995. The van der Waals surface area contributed by atoms with Crippen LogP contribution in [0.2, 0.25) is 0 Å². The normalized spacial score (nSPS) is 13.4. The van der Waals surface area contributed by atoms with E-state index in [1.54, 1.807) is 6.26 Å². The molecule has 1 aromatic rings. The second-order valence-corrected chi connectivity index (χ2v) is 3.66. The van der Waals surface area contributed by atoms with Crippen LogP contribution < -0.4 is 5.73 Å². The van der Waals surface area contributed by atoms with Crippen molar-refractivity contribution >= 4 is 15.9 Å². The Labute approximate surface area is 74.9 Å². The second kappa shape index (κ2) is 3.93. The van der Waals surface area contributed by atoms with E-state index in [-0.39, 0.29) is 6.04 Å². The Hall–Kier alpha value is -0.280. The minimum Gasteiger partial charge on any atom is -0.468 e. The van der Waals surface area contributed by atoms with Crippen molar-refractivity contribution in [1.82, 2.24) is 0 Å². The molecule has 0 amide bonds. The summed E-state index contributed by atoms with van der Waals surface area (Å²) in [4.78, 5) is 0. The molecular weight excluding hydrogens is 206 g/mol. The molecule has 1 rings (SSSR count). The van der Waals surface area contributed by atoms with E-state index < -0.39 is 0 Å². The number of halogens is 1. The van der Waals surface area contributed by atoms with E-state index in [0.717, 1.165) is 23.1 Å². The molecule has 2 N–H and O–H groups in total. The Bertz CT molecular complexity index is 220. The smallest absolute Gasteiger partial charge is 0.105 e. The summed E-state index contributed by atoms with van der Waals surface area (Å²) in [5, 5.41) is 0. The Morgan fingerprint density at radius 3 is 2.91 bits per heavy atom. The van der Waals surface area contributed by atoms with Gasteiger partial charge in [-0.05, 0) is 35.3 Å². The van der Waals surface area contributed by atoms with Gasteiger partial charge in [-0.2, -0.15) is 0 Å². The zero-order valence-electron chi connectivity index (χ0n) is 6.51. The van der Waals surface area contributed by atoms with Gasteiger partial charge in [0.05, 0.1) is 4.47 Å². The lowest BCUT2D eigenvalue weighted by molar-refractivity contribution is 0.490. The lowest BCUT2D eigenvalue weighted by Gasteiger charge is -2.00. The van der Waals surface area contributed by atoms with Gasteiger partial charge in [-0.3, -0.25) is 0 Å². The minimum atomic E-state index is 0.249. The molecule has 0 aliphatic carbocycles. The predicted octanol–water partition coefficient (Wildman–Crippen LogP) is 2.32. The van der Waals surface area contributed by atoms with Crippen LogP contribution in [0.15, 0.2) is 21.2 Å². The highest BCUT2D eigenvalue weighted by Crippen LogP contribution is 2.15. The van der Waals surface area contributed by atoms with E-state index in [9.17, 15) is 0 Å². The largest absolute Gasteiger partial charge is 0.468 e. The fourth-order valence-corrected chi connectivity index (χ4v) is 1.20. The molecule has 62 valence electrons. The maximum absolute atomic E-state index is 5.59. The summed E-state index contributed by atoms with van der Waals surface area (Å²) < 4.78 is 6.21. The number of rotatable bonds is 3. The summed E-state index contributed by atoms with van der Waals surface area (Å²) in [5.41, 5.74) is 5.59. The van der Waals surface area contributed by atoms with E-state index in [0.29, 0.717) is 0 Å². The van der Waals surface area contributed by atoms with Gasteiger partial charge in [-0.25, -0.2) is 0 Å². The van der Waals surface area contributed by atoms with Crippen LogP contribution in [0.5, 0.6) is 0 Å². The molecule has 0 radical (unpaired) electrons. The first kappa shape index (κ1) is 8.81. The molecule has 0 aliphatic heterocycles. The predicted molar refractivity (Wildman–Crippen MR) is 48.4 cm³/mol.